The molecule has 0 radical (unpaired) electrons. The molecule has 1 N–H and O–H groups in total. The van der Waals surface area contributed by atoms with Gasteiger partial charge in [-0.1, -0.05) is 25.5 Å². The zero-order chi connectivity index (χ0) is 17.3. The quantitative estimate of drug-likeness (QED) is 0.808. The molecule has 2 fully saturated rings. The van der Waals surface area contributed by atoms with E-state index < -0.39 is 0 Å². The lowest BCUT2D eigenvalue weighted by Crippen LogP contribution is -2.37. The molecule has 4 nitrogen and oxygen atoms in total. The number of furan rings is 1. The van der Waals surface area contributed by atoms with Gasteiger partial charge in [0.1, 0.15) is 5.76 Å². The first-order valence-electron chi connectivity index (χ1n) is 9.11. The minimum atomic E-state index is 0.0647. The number of nitrogens with one attached hydrogen (secondary N) is 1. The first-order chi connectivity index (χ1) is 11.4. The Balaban J connectivity index is 1.63. The van der Waals surface area contributed by atoms with Crippen LogP contribution in [0.25, 0.3) is 0 Å². The van der Waals surface area contributed by atoms with Crippen LogP contribution >= 0.6 is 0 Å². The first-order valence-corrected chi connectivity index (χ1v) is 9.11. The van der Waals surface area contributed by atoms with E-state index in [1.165, 1.54) is 18.4 Å². The summed E-state index contributed by atoms with van der Waals surface area (Å²) in [4.78, 5) is 15.1. The number of hydrogen-bond acceptors (Lipinski definition) is 3. The Hall–Kier alpha value is -1.55. The average Bonchev–Trinajstić information content (AvgIpc) is 3.02. The lowest BCUT2D eigenvalue weighted by atomic mass is 10.1. The van der Waals surface area contributed by atoms with Crippen molar-refractivity contribution in [3.05, 3.63) is 35.8 Å². The molecule has 0 unspecified atom stereocenters. The van der Waals surface area contributed by atoms with Crippen LogP contribution in [0.3, 0.4) is 0 Å². The summed E-state index contributed by atoms with van der Waals surface area (Å²) in [6, 6.07) is 4.09. The number of carbonyl (C=O) groups excluding carboxylic acids is 1. The van der Waals surface area contributed by atoms with E-state index in [-0.39, 0.29) is 23.3 Å². The van der Waals surface area contributed by atoms with Crippen molar-refractivity contribution in [2.45, 2.75) is 46.6 Å². The van der Waals surface area contributed by atoms with Crippen molar-refractivity contribution >= 4 is 5.91 Å². The highest BCUT2D eigenvalue weighted by Crippen LogP contribution is 2.59. The lowest BCUT2D eigenvalue weighted by molar-refractivity contribution is -0.123. The summed E-state index contributed by atoms with van der Waals surface area (Å²) in [7, 11) is 0. The van der Waals surface area contributed by atoms with Gasteiger partial charge in [0.2, 0.25) is 5.91 Å². The van der Waals surface area contributed by atoms with Gasteiger partial charge in [0.05, 0.1) is 18.2 Å². The van der Waals surface area contributed by atoms with Gasteiger partial charge in [0, 0.05) is 6.54 Å². The third kappa shape index (κ3) is 3.44. The zero-order valence-corrected chi connectivity index (χ0v) is 15.3. The van der Waals surface area contributed by atoms with Crippen LogP contribution in [0.4, 0.5) is 0 Å². The molecular weight excluding hydrogens is 300 g/mol. The highest BCUT2D eigenvalue weighted by Gasteiger charge is 2.60. The van der Waals surface area contributed by atoms with Gasteiger partial charge in [-0.05, 0) is 63.2 Å². The summed E-state index contributed by atoms with van der Waals surface area (Å²) in [5, 5.41) is 3.20. The van der Waals surface area contributed by atoms with Crippen LogP contribution in [-0.2, 0) is 4.79 Å². The molecule has 24 heavy (non-hydrogen) atoms. The Morgan fingerprint density at radius 2 is 2.12 bits per heavy atom. The van der Waals surface area contributed by atoms with Crippen molar-refractivity contribution in [1.29, 1.82) is 0 Å². The van der Waals surface area contributed by atoms with Crippen LogP contribution in [-0.4, -0.2) is 30.4 Å². The smallest absolute Gasteiger partial charge is 0.224 e. The lowest BCUT2D eigenvalue weighted by Gasteiger charge is -2.26. The predicted octanol–water partition coefficient (Wildman–Crippen LogP) is 3.77. The van der Waals surface area contributed by atoms with E-state index in [9.17, 15) is 4.79 Å². The van der Waals surface area contributed by atoms with Gasteiger partial charge in [0.25, 0.3) is 0 Å². The molecule has 1 saturated heterocycles. The molecule has 2 aliphatic rings. The summed E-state index contributed by atoms with van der Waals surface area (Å²) >= 11 is 0. The molecule has 4 heteroatoms. The van der Waals surface area contributed by atoms with Crippen LogP contribution in [0.2, 0.25) is 0 Å². The van der Waals surface area contributed by atoms with E-state index in [4.69, 9.17) is 4.42 Å². The maximum Gasteiger partial charge on any atom is 0.224 e. The molecule has 1 aliphatic heterocycles. The Labute approximate surface area is 145 Å². The Morgan fingerprint density at radius 3 is 2.71 bits per heavy atom. The second-order valence-electron chi connectivity index (χ2n) is 8.09. The molecular formula is C20H30N2O2. The molecule has 0 spiro atoms. The maximum absolute atomic E-state index is 12.7. The number of amides is 1. The fourth-order valence-corrected chi connectivity index (χ4v) is 4.10. The van der Waals surface area contributed by atoms with E-state index in [1.54, 1.807) is 6.26 Å². The van der Waals surface area contributed by atoms with Crippen molar-refractivity contribution in [1.82, 2.24) is 10.2 Å². The molecule has 1 aromatic heterocycles. The van der Waals surface area contributed by atoms with Crippen LogP contribution in [0.5, 0.6) is 0 Å². The Kier molecular flexibility index (Phi) is 4.86. The number of likely N-dealkylation sites (tertiary alicyclic amines) is 1. The summed E-state index contributed by atoms with van der Waals surface area (Å²) in [5.74, 6) is 1.57. The van der Waals surface area contributed by atoms with E-state index in [0.717, 1.165) is 18.8 Å². The second-order valence-corrected chi connectivity index (χ2v) is 8.09. The average molecular weight is 330 g/mol. The maximum atomic E-state index is 12.7. The van der Waals surface area contributed by atoms with Crippen LogP contribution in [0.15, 0.2) is 34.5 Å². The van der Waals surface area contributed by atoms with E-state index >= 15 is 0 Å². The van der Waals surface area contributed by atoms with Gasteiger partial charge >= 0.3 is 0 Å². The number of nitrogens with zero attached hydrogens (tertiary/aromatic N) is 1. The molecule has 0 aromatic carbocycles. The number of carbonyl (C=O) groups is 1. The van der Waals surface area contributed by atoms with E-state index in [1.807, 2.05) is 12.1 Å². The van der Waals surface area contributed by atoms with E-state index in [2.05, 4.69) is 44.0 Å². The molecule has 0 bridgehead atoms. The topological polar surface area (TPSA) is 45.5 Å². The first kappa shape index (κ1) is 17.3. The summed E-state index contributed by atoms with van der Waals surface area (Å²) < 4.78 is 5.63. The van der Waals surface area contributed by atoms with Crippen molar-refractivity contribution in [2.75, 3.05) is 19.6 Å². The largest absolute Gasteiger partial charge is 0.468 e. The monoisotopic (exact) mass is 330 g/mol. The van der Waals surface area contributed by atoms with Crippen molar-refractivity contribution in [3.8, 4) is 0 Å². The highest BCUT2D eigenvalue weighted by atomic mass is 16.3. The Morgan fingerprint density at radius 1 is 1.42 bits per heavy atom. The third-order valence-corrected chi connectivity index (χ3v) is 5.63. The molecule has 3 atom stereocenters. The normalized spacial score (nSPS) is 26.8. The van der Waals surface area contributed by atoms with Gasteiger partial charge in [-0.3, -0.25) is 9.69 Å². The van der Waals surface area contributed by atoms with E-state index in [0.29, 0.717) is 12.5 Å². The van der Waals surface area contributed by atoms with Crippen molar-refractivity contribution < 1.29 is 9.21 Å². The predicted molar refractivity (Wildman–Crippen MR) is 95.5 cm³/mol. The molecule has 1 aliphatic carbocycles. The van der Waals surface area contributed by atoms with Gasteiger partial charge in [-0.15, -0.1) is 0 Å². The van der Waals surface area contributed by atoms with Crippen LogP contribution in [0, 0.1) is 17.3 Å². The van der Waals surface area contributed by atoms with Crippen molar-refractivity contribution in [3.63, 3.8) is 0 Å². The molecule has 1 saturated carbocycles. The van der Waals surface area contributed by atoms with Gasteiger partial charge in [-0.2, -0.15) is 0 Å². The molecule has 1 amide bonds. The number of rotatable bonds is 6. The summed E-state index contributed by atoms with van der Waals surface area (Å²) in [5.41, 5.74) is 1.35. The fraction of sp³-hybridized carbons (Fsp3) is 0.650. The number of allylic oxidation sites excluding steroid dienone is 2. The molecule has 2 heterocycles. The van der Waals surface area contributed by atoms with Gasteiger partial charge in [-0.25, -0.2) is 0 Å². The fourth-order valence-electron chi connectivity index (χ4n) is 4.10. The molecule has 1 aromatic rings. The second kappa shape index (κ2) is 6.75. The minimum Gasteiger partial charge on any atom is -0.468 e. The van der Waals surface area contributed by atoms with Crippen molar-refractivity contribution in [2.24, 2.45) is 17.3 Å². The third-order valence-electron chi connectivity index (χ3n) is 5.63. The molecule has 132 valence electrons. The summed E-state index contributed by atoms with van der Waals surface area (Å²) in [6.45, 7) is 11.4. The summed E-state index contributed by atoms with van der Waals surface area (Å²) in [6.07, 6.45) is 6.41. The minimum absolute atomic E-state index is 0.0647. The van der Waals surface area contributed by atoms with Gasteiger partial charge < -0.3 is 9.73 Å². The standard InChI is InChI=1S/C20H30N2O2/c1-14(2)12-15-18(20(15,3)4)19(23)21-13-16(17-8-7-11-24-17)22-9-5-6-10-22/h7-8,11-12,15-16,18H,5-6,9-10,13H2,1-4H3,(H,21,23)/t15-,16+,18-/m1/s1. The Bertz CT molecular complexity index is 593. The molecule has 3 rings (SSSR count). The van der Waals surface area contributed by atoms with Gasteiger partial charge in [0.15, 0.2) is 0 Å². The highest BCUT2D eigenvalue weighted by molar-refractivity contribution is 5.83. The number of hydrogen-bond donors (Lipinski definition) is 1. The van der Waals surface area contributed by atoms with Crippen LogP contribution < -0.4 is 5.32 Å². The SMILES string of the molecule is CC(C)=C[C@@H]1[C@H](C(=O)NC[C@@H](c2ccco2)N2CCCC2)C1(C)C. The zero-order valence-electron chi connectivity index (χ0n) is 15.3. The van der Waals surface area contributed by atoms with Crippen LogP contribution in [0.1, 0.15) is 52.3 Å².